The van der Waals surface area contributed by atoms with Crippen LogP contribution >= 0.6 is 0 Å². The maximum absolute atomic E-state index is 4.62. The van der Waals surface area contributed by atoms with Crippen LogP contribution in [0.3, 0.4) is 0 Å². The quantitative estimate of drug-likeness (QED) is 0.733. The Labute approximate surface area is 112 Å². The van der Waals surface area contributed by atoms with E-state index in [1.807, 2.05) is 6.20 Å². The van der Waals surface area contributed by atoms with Gasteiger partial charge in [0.2, 0.25) is 0 Å². The molecule has 1 aromatic heterocycles. The Morgan fingerprint density at radius 3 is 2.72 bits per heavy atom. The van der Waals surface area contributed by atoms with Gasteiger partial charge in [-0.15, -0.1) is 6.58 Å². The number of rotatable bonds is 7. The van der Waals surface area contributed by atoms with Crippen molar-refractivity contribution in [1.29, 1.82) is 0 Å². The first kappa shape index (κ1) is 14.9. The molecule has 2 nitrogen and oxygen atoms in total. The molecule has 0 spiro atoms. The molecular formula is C16H26N2. The maximum atomic E-state index is 4.62. The van der Waals surface area contributed by atoms with Gasteiger partial charge in [-0.1, -0.05) is 18.6 Å². The summed E-state index contributed by atoms with van der Waals surface area (Å²) < 4.78 is 0. The number of pyridine rings is 1. The molecule has 0 aromatic carbocycles. The van der Waals surface area contributed by atoms with Crippen LogP contribution in [-0.4, -0.2) is 11.5 Å². The van der Waals surface area contributed by atoms with E-state index in [4.69, 9.17) is 0 Å². The van der Waals surface area contributed by atoms with Crippen LogP contribution < -0.4 is 5.32 Å². The summed E-state index contributed by atoms with van der Waals surface area (Å²) in [6, 6.07) is 2.56. The number of nitrogens with one attached hydrogen (secondary N) is 1. The van der Waals surface area contributed by atoms with Gasteiger partial charge in [-0.05, 0) is 57.7 Å². The molecule has 2 heteroatoms. The molecular weight excluding hydrogens is 220 g/mol. The minimum atomic E-state index is 0.349. The van der Waals surface area contributed by atoms with Crippen molar-refractivity contribution < 1.29 is 0 Å². The molecule has 100 valence electrons. The van der Waals surface area contributed by atoms with Gasteiger partial charge in [0, 0.05) is 6.20 Å². The van der Waals surface area contributed by atoms with Crippen molar-refractivity contribution in [2.75, 3.05) is 6.54 Å². The first-order chi connectivity index (χ1) is 8.54. The topological polar surface area (TPSA) is 24.9 Å². The molecule has 18 heavy (non-hydrogen) atoms. The van der Waals surface area contributed by atoms with Crippen LogP contribution in [0.1, 0.15) is 56.0 Å². The molecule has 0 fully saturated rings. The van der Waals surface area contributed by atoms with Gasteiger partial charge in [-0.2, -0.15) is 0 Å². The van der Waals surface area contributed by atoms with E-state index in [1.165, 1.54) is 22.4 Å². The third-order valence-electron chi connectivity index (χ3n) is 3.09. The fourth-order valence-corrected chi connectivity index (χ4v) is 2.14. The summed E-state index contributed by atoms with van der Waals surface area (Å²) in [5.41, 5.74) is 4.94. The summed E-state index contributed by atoms with van der Waals surface area (Å²) in [6.45, 7) is 13.5. The highest BCUT2D eigenvalue weighted by atomic mass is 14.9. The van der Waals surface area contributed by atoms with E-state index in [-0.39, 0.29) is 0 Å². The molecule has 0 aliphatic rings. The van der Waals surface area contributed by atoms with Crippen LogP contribution in [0.5, 0.6) is 0 Å². The van der Waals surface area contributed by atoms with Gasteiger partial charge in [-0.25, -0.2) is 0 Å². The largest absolute Gasteiger partial charge is 0.309 e. The van der Waals surface area contributed by atoms with E-state index in [0.717, 1.165) is 25.8 Å². The summed E-state index contributed by atoms with van der Waals surface area (Å²) in [6.07, 6.45) is 5.24. The summed E-state index contributed by atoms with van der Waals surface area (Å²) >= 11 is 0. The van der Waals surface area contributed by atoms with Gasteiger partial charge in [0.05, 0.1) is 11.7 Å². The summed E-state index contributed by atoms with van der Waals surface area (Å²) in [5, 5.41) is 3.60. The smallest absolute Gasteiger partial charge is 0.0602 e. The lowest BCUT2D eigenvalue weighted by molar-refractivity contribution is 0.486. The highest BCUT2D eigenvalue weighted by molar-refractivity contribution is 5.25. The monoisotopic (exact) mass is 246 g/mol. The molecule has 0 saturated carbocycles. The lowest BCUT2D eigenvalue weighted by atomic mass is 10.00. The van der Waals surface area contributed by atoms with Gasteiger partial charge in [-0.3, -0.25) is 4.98 Å². The molecule has 1 N–H and O–H groups in total. The van der Waals surface area contributed by atoms with Crippen molar-refractivity contribution >= 4 is 0 Å². The summed E-state index contributed by atoms with van der Waals surface area (Å²) in [7, 11) is 0. The van der Waals surface area contributed by atoms with Gasteiger partial charge in [0.25, 0.3) is 0 Å². The molecule has 1 heterocycles. The van der Waals surface area contributed by atoms with Crippen LogP contribution in [0.4, 0.5) is 0 Å². The average Bonchev–Trinajstić information content (AvgIpc) is 2.30. The molecule has 1 aromatic rings. The molecule has 1 rings (SSSR count). The Kier molecular flexibility index (Phi) is 6.06. The van der Waals surface area contributed by atoms with Gasteiger partial charge in [0.15, 0.2) is 0 Å². The maximum Gasteiger partial charge on any atom is 0.0602 e. The highest BCUT2D eigenvalue weighted by Crippen LogP contribution is 2.22. The molecule has 0 aliphatic carbocycles. The number of hydrogen-bond donors (Lipinski definition) is 1. The van der Waals surface area contributed by atoms with Crippen molar-refractivity contribution in [2.45, 2.75) is 53.0 Å². The lowest BCUT2D eigenvalue weighted by Gasteiger charge is -2.20. The lowest BCUT2D eigenvalue weighted by Crippen LogP contribution is -2.24. The predicted octanol–water partition coefficient (Wildman–Crippen LogP) is 4.10. The van der Waals surface area contributed by atoms with Crippen molar-refractivity contribution in [3.8, 4) is 0 Å². The molecule has 0 radical (unpaired) electrons. The van der Waals surface area contributed by atoms with Crippen LogP contribution in [-0.2, 0) is 0 Å². The van der Waals surface area contributed by atoms with Gasteiger partial charge >= 0.3 is 0 Å². The number of nitrogens with zero attached hydrogens (tertiary/aromatic N) is 1. The van der Waals surface area contributed by atoms with Crippen LogP contribution in [0.15, 0.2) is 24.4 Å². The van der Waals surface area contributed by atoms with E-state index in [9.17, 15) is 0 Å². The second-order valence-electron chi connectivity index (χ2n) is 5.22. The zero-order valence-electron chi connectivity index (χ0n) is 12.2. The number of allylic oxidation sites excluding steroid dienone is 1. The Morgan fingerprint density at radius 1 is 1.44 bits per heavy atom. The first-order valence-electron chi connectivity index (χ1n) is 6.85. The fraction of sp³-hybridized carbons (Fsp3) is 0.562. The van der Waals surface area contributed by atoms with E-state index >= 15 is 0 Å². The van der Waals surface area contributed by atoms with Crippen LogP contribution in [0.2, 0.25) is 0 Å². The van der Waals surface area contributed by atoms with E-state index in [2.05, 4.69) is 50.6 Å². The number of aryl methyl sites for hydroxylation is 2. The van der Waals surface area contributed by atoms with Crippen molar-refractivity contribution in [3.05, 3.63) is 41.2 Å². The Morgan fingerprint density at radius 2 is 2.17 bits per heavy atom. The minimum Gasteiger partial charge on any atom is -0.309 e. The molecule has 1 atom stereocenters. The third-order valence-corrected chi connectivity index (χ3v) is 3.09. The standard InChI is InChI=1S/C16H26N2/c1-6-9-17-15(8-7-12(2)3)16-14(5)10-13(4)11-18-16/h10-11,15,17H,2,6-9H2,1,3-5H3. The zero-order valence-corrected chi connectivity index (χ0v) is 12.2. The molecule has 0 amide bonds. The Hall–Kier alpha value is -1.15. The fourth-order valence-electron chi connectivity index (χ4n) is 2.14. The number of hydrogen-bond acceptors (Lipinski definition) is 2. The molecule has 1 unspecified atom stereocenters. The van der Waals surface area contributed by atoms with Crippen molar-refractivity contribution in [1.82, 2.24) is 10.3 Å². The third kappa shape index (κ3) is 4.61. The summed E-state index contributed by atoms with van der Waals surface area (Å²) in [4.78, 5) is 4.62. The highest BCUT2D eigenvalue weighted by Gasteiger charge is 2.14. The molecule has 0 saturated heterocycles. The van der Waals surface area contributed by atoms with Crippen molar-refractivity contribution in [3.63, 3.8) is 0 Å². The van der Waals surface area contributed by atoms with Crippen LogP contribution in [0.25, 0.3) is 0 Å². The SMILES string of the molecule is C=C(C)CCC(NCCC)c1ncc(C)cc1C. The van der Waals surface area contributed by atoms with E-state index in [0.29, 0.717) is 6.04 Å². The second kappa shape index (κ2) is 7.32. The van der Waals surface area contributed by atoms with Crippen molar-refractivity contribution in [2.24, 2.45) is 0 Å². The molecule has 0 aliphatic heterocycles. The normalized spacial score (nSPS) is 12.4. The Balaban J connectivity index is 2.82. The van der Waals surface area contributed by atoms with Crippen LogP contribution in [0, 0.1) is 13.8 Å². The second-order valence-corrected chi connectivity index (χ2v) is 5.22. The number of aromatic nitrogens is 1. The average molecular weight is 246 g/mol. The van der Waals surface area contributed by atoms with Gasteiger partial charge in [0.1, 0.15) is 0 Å². The zero-order chi connectivity index (χ0) is 13.5. The van der Waals surface area contributed by atoms with E-state index < -0.39 is 0 Å². The van der Waals surface area contributed by atoms with Gasteiger partial charge < -0.3 is 5.32 Å². The molecule has 0 bridgehead atoms. The Bertz CT molecular complexity index is 396. The van der Waals surface area contributed by atoms with E-state index in [1.54, 1.807) is 0 Å². The summed E-state index contributed by atoms with van der Waals surface area (Å²) in [5.74, 6) is 0. The predicted molar refractivity (Wildman–Crippen MR) is 78.8 cm³/mol. The first-order valence-corrected chi connectivity index (χ1v) is 6.85. The minimum absolute atomic E-state index is 0.349.